The lowest BCUT2D eigenvalue weighted by molar-refractivity contribution is 0.0691. The molecule has 6 heteroatoms. The fourth-order valence-corrected chi connectivity index (χ4v) is 1.17. The van der Waals surface area contributed by atoms with Crippen LogP contribution in [0.4, 0.5) is 0 Å². The molecule has 2 N–H and O–H groups in total. The van der Waals surface area contributed by atoms with Crippen LogP contribution in [-0.4, -0.2) is 28.2 Å². The van der Waals surface area contributed by atoms with Crippen LogP contribution in [0.1, 0.15) is 16.2 Å². The molecule has 1 aromatic rings. The van der Waals surface area contributed by atoms with Crippen molar-refractivity contribution in [1.82, 2.24) is 9.97 Å². The average Bonchev–Trinajstić information content (AvgIpc) is 2.43. The number of imidazole rings is 1. The third kappa shape index (κ3) is 2.32. The lowest BCUT2D eigenvalue weighted by atomic mass is 10.3. The van der Waals surface area contributed by atoms with E-state index in [0.29, 0.717) is 10.4 Å². The Hall–Kier alpha value is -1.30. The third-order valence-corrected chi connectivity index (χ3v) is 1.65. The molecule has 5 nitrogen and oxygen atoms in total. The number of H-pyrrole nitrogens is 1. The first-order chi connectivity index (χ1) is 6.15. The minimum absolute atomic E-state index is 0.0415. The van der Waals surface area contributed by atoms with E-state index >= 15 is 0 Å². The van der Waals surface area contributed by atoms with Crippen LogP contribution in [0, 0.1) is 0 Å². The highest BCUT2D eigenvalue weighted by Gasteiger charge is 2.13. The predicted molar refractivity (Wildman–Crippen MR) is 49.3 cm³/mol. The molecule has 1 rings (SSSR count). The first kappa shape index (κ1) is 9.79. The van der Waals surface area contributed by atoms with Crippen LogP contribution in [0.25, 0.3) is 6.08 Å². The van der Waals surface area contributed by atoms with E-state index in [2.05, 4.69) is 30.6 Å². The Balaban J connectivity index is 3.04. The van der Waals surface area contributed by atoms with Crippen LogP contribution in [0.3, 0.4) is 0 Å². The van der Waals surface area contributed by atoms with Gasteiger partial charge in [0.1, 0.15) is 0 Å². The molecule has 0 radical (unpaired) electrons. The largest absolute Gasteiger partial charge is 0.504 e. The molecule has 0 amide bonds. The van der Waals surface area contributed by atoms with Crippen molar-refractivity contribution in [1.29, 1.82) is 0 Å². The molecule has 1 heterocycles. The Kier molecular flexibility index (Phi) is 3.07. The maximum atomic E-state index is 10.6. The molecule has 0 bridgehead atoms. The standard InChI is InChI=1S/C7H7BrN2O3/c1-13-3-2-4-5(6(11)12)10-7(8)9-4/h2-3H,1H3,(H,9,10)(H,11,12). The second-order valence-electron chi connectivity index (χ2n) is 2.13. The molecule has 0 aliphatic heterocycles. The molecule has 0 atom stereocenters. The van der Waals surface area contributed by atoms with Gasteiger partial charge in [-0.15, -0.1) is 0 Å². The summed E-state index contributed by atoms with van der Waals surface area (Å²) in [5, 5.41) is 8.70. The molecule has 0 aliphatic rings. The normalized spacial score (nSPS) is 10.6. The van der Waals surface area contributed by atoms with Crippen molar-refractivity contribution < 1.29 is 14.6 Å². The van der Waals surface area contributed by atoms with Crippen molar-refractivity contribution in [2.24, 2.45) is 0 Å². The third-order valence-electron chi connectivity index (χ3n) is 1.28. The molecular formula is C7H7BrN2O3. The van der Waals surface area contributed by atoms with Gasteiger partial charge in [-0.2, -0.15) is 0 Å². The number of nitrogens with one attached hydrogen (secondary N) is 1. The quantitative estimate of drug-likeness (QED) is 0.793. The van der Waals surface area contributed by atoms with Gasteiger partial charge < -0.3 is 14.8 Å². The smallest absolute Gasteiger partial charge is 0.356 e. The Bertz CT molecular complexity index is 346. The van der Waals surface area contributed by atoms with E-state index in [1.54, 1.807) is 0 Å². The molecular weight excluding hydrogens is 240 g/mol. The van der Waals surface area contributed by atoms with Gasteiger partial charge in [-0.25, -0.2) is 9.78 Å². The highest BCUT2D eigenvalue weighted by atomic mass is 79.9. The molecule has 0 saturated heterocycles. The summed E-state index contributed by atoms with van der Waals surface area (Å²) in [5.41, 5.74) is 0.349. The summed E-state index contributed by atoms with van der Waals surface area (Å²) in [6, 6.07) is 0. The van der Waals surface area contributed by atoms with Crippen LogP contribution in [-0.2, 0) is 4.74 Å². The Labute approximate surface area is 82.6 Å². The molecule has 0 aliphatic carbocycles. The molecule has 13 heavy (non-hydrogen) atoms. The maximum Gasteiger partial charge on any atom is 0.356 e. The number of hydrogen-bond acceptors (Lipinski definition) is 3. The number of aromatic nitrogens is 2. The monoisotopic (exact) mass is 246 g/mol. The Morgan fingerprint density at radius 1 is 1.77 bits per heavy atom. The minimum Gasteiger partial charge on any atom is -0.504 e. The van der Waals surface area contributed by atoms with Crippen molar-refractivity contribution in [3.8, 4) is 0 Å². The van der Waals surface area contributed by atoms with Crippen molar-refractivity contribution in [3.05, 3.63) is 22.4 Å². The highest BCUT2D eigenvalue weighted by molar-refractivity contribution is 9.10. The highest BCUT2D eigenvalue weighted by Crippen LogP contribution is 2.12. The maximum absolute atomic E-state index is 10.6. The Morgan fingerprint density at radius 3 is 3.00 bits per heavy atom. The van der Waals surface area contributed by atoms with Crippen LogP contribution in [0.15, 0.2) is 11.0 Å². The molecule has 0 spiro atoms. The SMILES string of the molecule is COC=Cc1[nH]c(Br)nc1C(=O)O. The summed E-state index contributed by atoms with van der Waals surface area (Å²) in [4.78, 5) is 17.1. The average molecular weight is 247 g/mol. The van der Waals surface area contributed by atoms with Gasteiger partial charge in [0.2, 0.25) is 0 Å². The van der Waals surface area contributed by atoms with Crippen LogP contribution >= 0.6 is 15.9 Å². The van der Waals surface area contributed by atoms with Crippen molar-refractivity contribution in [2.75, 3.05) is 7.11 Å². The summed E-state index contributed by atoms with van der Waals surface area (Å²) in [7, 11) is 1.47. The number of rotatable bonds is 3. The number of aromatic amines is 1. The first-order valence-corrected chi connectivity index (χ1v) is 4.12. The summed E-state index contributed by atoms with van der Waals surface area (Å²) >= 11 is 3.04. The zero-order valence-electron chi connectivity index (χ0n) is 6.74. The van der Waals surface area contributed by atoms with Gasteiger partial charge in [-0.05, 0) is 22.0 Å². The molecule has 0 unspecified atom stereocenters. The van der Waals surface area contributed by atoms with Crippen molar-refractivity contribution in [2.45, 2.75) is 0 Å². The fourth-order valence-electron chi connectivity index (χ4n) is 0.776. The van der Waals surface area contributed by atoms with E-state index in [1.807, 2.05) is 0 Å². The van der Waals surface area contributed by atoms with Crippen LogP contribution in [0.5, 0.6) is 0 Å². The van der Waals surface area contributed by atoms with Gasteiger partial charge in [0.25, 0.3) is 0 Å². The van der Waals surface area contributed by atoms with E-state index in [9.17, 15) is 4.79 Å². The number of carboxylic acid groups (broad SMARTS) is 1. The number of carboxylic acids is 1. The lowest BCUT2D eigenvalue weighted by Gasteiger charge is -1.89. The zero-order valence-corrected chi connectivity index (χ0v) is 8.33. The van der Waals surface area contributed by atoms with Gasteiger partial charge in [0.05, 0.1) is 19.1 Å². The second kappa shape index (κ2) is 4.08. The molecule has 0 saturated carbocycles. The second-order valence-corrected chi connectivity index (χ2v) is 2.88. The Morgan fingerprint density at radius 2 is 2.46 bits per heavy atom. The predicted octanol–water partition coefficient (Wildman–Crippen LogP) is 1.49. The summed E-state index contributed by atoms with van der Waals surface area (Å²) < 4.78 is 5.03. The summed E-state index contributed by atoms with van der Waals surface area (Å²) in [6.07, 6.45) is 2.85. The molecule has 0 aromatic carbocycles. The van der Waals surface area contributed by atoms with Crippen LogP contribution < -0.4 is 0 Å². The van der Waals surface area contributed by atoms with Gasteiger partial charge >= 0.3 is 5.97 Å². The number of nitrogens with zero attached hydrogens (tertiary/aromatic N) is 1. The first-order valence-electron chi connectivity index (χ1n) is 3.33. The number of halogens is 1. The molecule has 0 fully saturated rings. The number of hydrogen-bond donors (Lipinski definition) is 2. The van der Waals surface area contributed by atoms with Gasteiger partial charge in [0.15, 0.2) is 10.4 Å². The van der Waals surface area contributed by atoms with E-state index in [0.717, 1.165) is 0 Å². The molecule has 70 valence electrons. The number of carbonyl (C=O) groups is 1. The summed E-state index contributed by atoms with van der Waals surface area (Å²) in [6.45, 7) is 0. The van der Waals surface area contributed by atoms with E-state index < -0.39 is 5.97 Å². The topological polar surface area (TPSA) is 75.2 Å². The zero-order chi connectivity index (χ0) is 9.84. The van der Waals surface area contributed by atoms with Gasteiger partial charge in [-0.3, -0.25) is 0 Å². The lowest BCUT2D eigenvalue weighted by Crippen LogP contribution is -1.98. The van der Waals surface area contributed by atoms with E-state index in [1.165, 1.54) is 19.4 Å². The fraction of sp³-hybridized carbons (Fsp3) is 0.143. The van der Waals surface area contributed by atoms with Gasteiger partial charge in [-0.1, -0.05) is 0 Å². The minimum atomic E-state index is -1.09. The number of ether oxygens (including phenoxy) is 1. The van der Waals surface area contributed by atoms with Crippen LogP contribution in [0.2, 0.25) is 0 Å². The van der Waals surface area contributed by atoms with Gasteiger partial charge in [0, 0.05) is 0 Å². The summed E-state index contributed by atoms with van der Waals surface area (Å²) in [5.74, 6) is -1.09. The van der Waals surface area contributed by atoms with E-state index in [4.69, 9.17) is 5.11 Å². The number of aromatic carboxylic acids is 1. The van der Waals surface area contributed by atoms with E-state index in [-0.39, 0.29) is 5.69 Å². The van der Waals surface area contributed by atoms with Crippen molar-refractivity contribution in [3.63, 3.8) is 0 Å². The van der Waals surface area contributed by atoms with Crippen molar-refractivity contribution >= 4 is 28.0 Å². The molecule has 1 aromatic heterocycles. The number of methoxy groups -OCH3 is 1.